The number of hydrogen-bond acceptors (Lipinski definition) is 3. The van der Waals surface area contributed by atoms with Crippen molar-refractivity contribution in [1.82, 2.24) is 19.5 Å². The molecule has 8 rings (SSSR count). The van der Waals surface area contributed by atoms with E-state index < -0.39 is 35.1 Å². The first-order chi connectivity index (χ1) is 25.3. The first-order valence-corrected chi connectivity index (χ1v) is 16.0. The summed E-state index contributed by atoms with van der Waals surface area (Å²) in [7, 11) is 0. The van der Waals surface area contributed by atoms with Crippen molar-refractivity contribution in [1.29, 1.82) is 0 Å². The van der Waals surface area contributed by atoms with Crippen LogP contribution in [-0.2, 0) is 12.4 Å². The molecule has 0 saturated heterocycles. The summed E-state index contributed by atoms with van der Waals surface area (Å²) in [4.78, 5) is 14.3. The molecule has 0 aliphatic carbocycles. The molecule has 0 unspecified atom stereocenters. The van der Waals surface area contributed by atoms with Crippen molar-refractivity contribution < 1.29 is 35.1 Å². The first kappa shape index (κ1) is 33.7. The van der Waals surface area contributed by atoms with Crippen molar-refractivity contribution in [3.05, 3.63) is 156 Å². The van der Waals surface area contributed by atoms with Crippen LogP contribution in [0.4, 0.5) is 35.1 Å². The van der Waals surface area contributed by atoms with Gasteiger partial charge in [0.05, 0.1) is 27.8 Å². The maximum Gasteiger partial charge on any atom is 0.416 e. The summed E-state index contributed by atoms with van der Waals surface area (Å²) in [6.45, 7) is 0. The minimum absolute atomic E-state index is 0.0340. The molecule has 0 atom stereocenters. The molecule has 0 saturated carbocycles. The van der Waals surface area contributed by atoms with Gasteiger partial charge in [-0.2, -0.15) is 26.3 Å². The average Bonchev–Trinajstić information content (AvgIpc) is 3.47. The highest BCUT2D eigenvalue weighted by Crippen LogP contribution is 2.42. The third-order valence-corrected chi connectivity index (χ3v) is 8.84. The summed E-state index contributed by atoms with van der Waals surface area (Å²) < 4.78 is 114. The third kappa shape index (κ3) is 6.26. The van der Waals surface area contributed by atoms with Crippen LogP contribution in [0.2, 0.25) is 0 Å². The minimum atomic E-state index is -4.77. The van der Waals surface area contributed by atoms with Crippen molar-refractivity contribution in [2.75, 3.05) is 0 Å². The Bertz CT molecular complexity index is 2540. The Balaban J connectivity index is 1.47. The Labute approximate surface area is 295 Å². The van der Waals surface area contributed by atoms with E-state index in [1.54, 1.807) is 60.7 Å². The zero-order chi connectivity index (χ0) is 37.1. The number of halogens is 8. The van der Waals surface area contributed by atoms with Crippen LogP contribution >= 0.6 is 0 Å². The summed E-state index contributed by atoms with van der Waals surface area (Å²) >= 11 is 0. The number of fused-ring (bicyclic) bond motifs is 3. The average molecular weight is 723 g/mol. The molecule has 0 N–H and O–H groups in total. The molecule has 2 heterocycles. The Morgan fingerprint density at radius 2 is 0.943 bits per heavy atom. The Morgan fingerprint density at radius 3 is 1.43 bits per heavy atom. The lowest BCUT2D eigenvalue weighted by molar-refractivity contribution is -0.138. The van der Waals surface area contributed by atoms with Gasteiger partial charge in [-0.25, -0.2) is 23.7 Å². The SMILES string of the molecule is Fc1ccc(-c2ccc(-n3c4ccc(C(F)(F)F)cc4c4cc(C(F)(F)F)ccc43)c(-c3nc(-c4ccccc4)nc(-c4ccccc4)n3)c2)c(F)c1. The van der Waals surface area contributed by atoms with Gasteiger partial charge >= 0.3 is 12.4 Å². The van der Waals surface area contributed by atoms with E-state index in [2.05, 4.69) is 0 Å². The fourth-order valence-corrected chi connectivity index (χ4v) is 6.37. The largest absolute Gasteiger partial charge is 0.416 e. The van der Waals surface area contributed by atoms with E-state index in [0.29, 0.717) is 11.1 Å². The van der Waals surface area contributed by atoms with E-state index in [4.69, 9.17) is 15.0 Å². The van der Waals surface area contributed by atoms with Crippen LogP contribution < -0.4 is 0 Å². The predicted octanol–water partition coefficient (Wildman–Crippen LogP) is 12.0. The summed E-state index contributed by atoms with van der Waals surface area (Å²) in [6, 6.07) is 31.5. The van der Waals surface area contributed by atoms with Crippen LogP contribution in [0.3, 0.4) is 0 Å². The Morgan fingerprint density at radius 1 is 0.434 bits per heavy atom. The molecular weight excluding hydrogens is 700 g/mol. The molecule has 0 amide bonds. The van der Waals surface area contributed by atoms with Gasteiger partial charge in [-0.05, 0) is 66.2 Å². The van der Waals surface area contributed by atoms with E-state index in [1.807, 2.05) is 12.1 Å². The van der Waals surface area contributed by atoms with Crippen LogP contribution in [0.25, 0.3) is 72.8 Å². The highest BCUT2D eigenvalue weighted by molar-refractivity contribution is 6.10. The second-order valence-corrected chi connectivity index (χ2v) is 12.2. The molecule has 262 valence electrons. The second-order valence-electron chi connectivity index (χ2n) is 12.2. The van der Waals surface area contributed by atoms with Gasteiger partial charge in [0.15, 0.2) is 17.5 Å². The summed E-state index contributed by atoms with van der Waals surface area (Å²) in [6.07, 6.45) is -9.55. The van der Waals surface area contributed by atoms with Crippen LogP contribution in [0.15, 0.2) is 133 Å². The minimum Gasteiger partial charge on any atom is -0.309 e. The number of alkyl halides is 6. The molecule has 0 spiro atoms. The van der Waals surface area contributed by atoms with Crippen LogP contribution in [0.5, 0.6) is 0 Å². The maximum atomic E-state index is 15.2. The Hall–Kier alpha value is -6.43. The van der Waals surface area contributed by atoms with Gasteiger partial charge in [-0.15, -0.1) is 0 Å². The van der Waals surface area contributed by atoms with E-state index in [-0.39, 0.29) is 61.7 Å². The lowest BCUT2D eigenvalue weighted by Gasteiger charge is -2.17. The highest BCUT2D eigenvalue weighted by Gasteiger charge is 2.33. The molecule has 0 bridgehead atoms. The smallest absolute Gasteiger partial charge is 0.309 e. The Kier molecular flexibility index (Phi) is 8.05. The van der Waals surface area contributed by atoms with Gasteiger partial charge < -0.3 is 4.57 Å². The molecule has 0 aliphatic rings. The van der Waals surface area contributed by atoms with Gasteiger partial charge in [0.1, 0.15) is 11.6 Å². The van der Waals surface area contributed by atoms with E-state index >= 15 is 4.39 Å². The maximum absolute atomic E-state index is 15.2. The molecular formula is C41H22F8N4. The van der Waals surface area contributed by atoms with Crippen molar-refractivity contribution in [3.63, 3.8) is 0 Å². The predicted molar refractivity (Wildman–Crippen MR) is 186 cm³/mol. The molecule has 6 aromatic carbocycles. The zero-order valence-electron chi connectivity index (χ0n) is 27.0. The summed E-state index contributed by atoms with van der Waals surface area (Å²) in [5.41, 5.74) is 0.322. The fourth-order valence-electron chi connectivity index (χ4n) is 6.37. The van der Waals surface area contributed by atoms with Crippen molar-refractivity contribution in [3.8, 4) is 51.0 Å². The highest BCUT2D eigenvalue weighted by atomic mass is 19.4. The van der Waals surface area contributed by atoms with Crippen molar-refractivity contribution in [2.24, 2.45) is 0 Å². The molecule has 8 aromatic rings. The molecule has 2 aromatic heterocycles. The van der Waals surface area contributed by atoms with Crippen molar-refractivity contribution >= 4 is 21.8 Å². The topological polar surface area (TPSA) is 43.6 Å². The molecule has 4 nitrogen and oxygen atoms in total. The first-order valence-electron chi connectivity index (χ1n) is 16.0. The second kappa shape index (κ2) is 12.7. The zero-order valence-corrected chi connectivity index (χ0v) is 27.0. The number of benzene rings is 6. The fraction of sp³-hybridized carbons (Fsp3) is 0.0488. The molecule has 0 radical (unpaired) electrons. The lowest BCUT2D eigenvalue weighted by atomic mass is 10.00. The normalized spacial score (nSPS) is 12.2. The van der Waals surface area contributed by atoms with E-state index in [9.17, 15) is 30.7 Å². The summed E-state index contributed by atoms with van der Waals surface area (Å²) in [5, 5.41) is -0.155. The van der Waals surface area contributed by atoms with Crippen LogP contribution in [-0.4, -0.2) is 19.5 Å². The van der Waals surface area contributed by atoms with E-state index in [0.717, 1.165) is 36.4 Å². The van der Waals surface area contributed by atoms with Crippen LogP contribution in [0.1, 0.15) is 11.1 Å². The quantitative estimate of drug-likeness (QED) is 0.166. The summed E-state index contributed by atoms with van der Waals surface area (Å²) in [5.74, 6) is -1.03. The standard InChI is InChI=1S/C41H22F8N4/c42-28-14-15-29(33(43)22-28)25-11-16-36(32(19-25)39-51-37(23-7-3-1-4-8-23)50-38(52-39)24-9-5-2-6-10-24)53-34-17-12-26(40(44,45)46)20-30(34)31-21-27(41(47,48)49)13-18-35(31)53/h1-22H. The molecule has 12 heteroatoms. The van der Waals surface area contributed by atoms with Gasteiger partial charge in [0.25, 0.3) is 0 Å². The van der Waals surface area contributed by atoms with Crippen LogP contribution in [0, 0.1) is 11.6 Å². The van der Waals surface area contributed by atoms with Gasteiger partial charge in [0, 0.05) is 39.1 Å². The van der Waals surface area contributed by atoms with Gasteiger partial charge in [0.2, 0.25) is 0 Å². The number of rotatable bonds is 5. The van der Waals surface area contributed by atoms with Gasteiger partial charge in [-0.3, -0.25) is 0 Å². The van der Waals surface area contributed by atoms with E-state index in [1.165, 1.54) is 28.8 Å². The number of nitrogens with zero attached hydrogens (tertiary/aromatic N) is 4. The number of aromatic nitrogens is 4. The molecule has 53 heavy (non-hydrogen) atoms. The number of hydrogen-bond donors (Lipinski definition) is 0. The van der Waals surface area contributed by atoms with Crippen molar-refractivity contribution in [2.45, 2.75) is 12.4 Å². The third-order valence-electron chi connectivity index (χ3n) is 8.84. The van der Waals surface area contributed by atoms with Gasteiger partial charge in [-0.1, -0.05) is 66.7 Å². The monoisotopic (exact) mass is 722 g/mol. The molecule has 0 aliphatic heterocycles. The molecule has 0 fully saturated rings. The lowest BCUT2D eigenvalue weighted by Crippen LogP contribution is -2.05.